The van der Waals surface area contributed by atoms with Gasteiger partial charge in [0.1, 0.15) is 17.9 Å². The Bertz CT molecular complexity index is 522. The molecule has 0 radical (unpaired) electrons. The maximum atomic E-state index is 11.6. The lowest BCUT2D eigenvalue weighted by molar-refractivity contribution is 0.0692. The van der Waals surface area contributed by atoms with Crippen molar-refractivity contribution in [3.05, 3.63) is 29.8 Å². The maximum absolute atomic E-state index is 11.6. The first-order valence-corrected chi connectivity index (χ1v) is 7.94. The van der Waals surface area contributed by atoms with Crippen molar-refractivity contribution in [1.29, 1.82) is 0 Å². The summed E-state index contributed by atoms with van der Waals surface area (Å²) in [6.07, 6.45) is 1.45. The summed E-state index contributed by atoms with van der Waals surface area (Å²) in [7, 11) is -3.12. The minimum atomic E-state index is -3.12. The fraction of sp³-hybridized carbons (Fsp3) is 0.462. The van der Waals surface area contributed by atoms with E-state index >= 15 is 0 Å². The molecule has 0 fully saturated rings. The zero-order chi connectivity index (χ0) is 14.3. The number of ether oxygens (including phenoxy) is 1. The zero-order valence-electron chi connectivity index (χ0n) is 10.8. The molecule has 106 valence electrons. The molecule has 0 amide bonds. The van der Waals surface area contributed by atoms with E-state index in [0.717, 1.165) is 6.42 Å². The van der Waals surface area contributed by atoms with Gasteiger partial charge in [0.25, 0.3) is 0 Å². The molecule has 0 aliphatic heterocycles. The van der Waals surface area contributed by atoms with Gasteiger partial charge in [0, 0.05) is 0 Å². The smallest absolute Gasteiger partial charge is 0.339 e. The van der Waals surface area contributed by atoms with E-state index in [2.05, 4.69) is 0 Å². The van der Waals surface area contributed by atoms with E-state index < -0.39 is 15.8 Å². The molecule has 0 spiro atoms. The average Bonchev–Trinajstić information content (AvgIpc) is 2.36. The molecule has 0 aliphatic carbocycles. The second-order valence-electron chi connectivity index (χ2n) is 4.16. The van der Waals surface area contributed by atoms with Crippen LogP contribution in [0.25, 0.3) is 0 Å². The van der Waals surface area contributed by atoms with Gasteiger partial charge in [-0.15, -0.1) is 0 Å². The molecular formula is C13H18O5S. The summed E-state index contributed by atoms with van der Waals surface area (Å²) < 4.78 is 28.5. The number of hydrogen-bond acceptors (Lipinski definition) is 4. The van der Waals surface area contributed by atoms with Gasteiger partial charge < -0.3 is 9.84 Å². The molecule has 0 bridgehead atoms. The quantitative estimate of drug-likeness (QED) is 0.790. The summed E-state index contributed by atoms with van der Waals surface area (Å²) in [6, 6.07) is 6.17. The fourth-order valence-corrected chi connectivity index (χ4v) is 2.78. The number of benzene rings is 1. The Morgan fingerprint density at radius 1 is 1.26 bits per heavy atom. The maximum Gasteiger partial charge on any atom is 0.339 e. The van der Waals surface area contributed by atoms with Crippen molar-refractivity contribution in [2.24, 2.45) is 0 Å². The van der Waals surface area contributed by atoms with Crippen LogP contribution in [0.4, 0.5) is 0 Å². The van der Waals surface area contributed by atoms with Gasteiger partial charge in [-0.2, -0.15) is 0 Å². The van der Waals surface area contributed by atoms with Crippen molar-refractivity contribution >= 4 is 15.8 Å². The molecule has 1 aromatic carbocycles. The van der Waals surface area contributed by atoms with E-state index in [1.165, 1.54) is 12.1 Å². The Hall–Kier alpha value is -1.56. The highest BCUT2D eigenvalue weighted by molar-refractivity contribution is 7.91. The topological polar surface area (TPSA) is 80.7 Å². The van der Waals surface area contributed by atoms with E-state index in [-0.39, 0.29) is 29.4 Å². The highest BCUT2D eigenvalue weighted by Gasteiger charge is 2.13. The van der Waals surface area contributed by atoms with Crippen LogP contribution in [-0.4, -0.2) is 37.6 Å². The van der Waals surface area contributed by atoms with Crippen LogP contribution in [0.3, 0.4) is 0 Å². The summed E-state index contributed by atoms with van der Waals surface area (Å²) in [5.41, 5.74) is 0.0356. The molecule has 0 atom stereocenters. The zero-order valence-corrected chi connectivity index (χ0v) is 11.6. The van der Waals surface area contributed by atoms with Gasteiger partial charge in [0.05, 0.1) is 11.5 Å². The van der Waals surface area contributed by atoms with E-state index in [1.54, 1.807) is 12.1 Å². The van der Waals surface area contributed by atoms with Gasteiger partial charge >= 0.3 is 5.97 Å². The highest BCUT2D eigenvalue weighted by Crippen LogP contribution is 2.17. The van der Waals surface area contributed by atoms with Crippen molar-refractivity contribution in [2.45, 2.75) is 19.8 Å². The normalized spacial score (nSPS) is 11.2. The van der Waals surface area contributed by atoms with Crippen LogP contribution in [0.15, 0.2) is 24.3 Å². The molecule has 0 saturated carbocycles. The first kappa shape index (κ1) is 15.5. The SMILES string of the molecule is CCCCS(=O)(=O)CCOc1ccccc1C(=O)O. The molecule has 0 aliphatic rings. The number of unbranched alkanes of at least 4 members (excludes halogenated alkanes) is 1. The summed E-state index contributed by atoms with van der Waals surface area (Å²) in [4.78, 5) is 10.9. The second kappa shape index (κ2) is 7.13. The predicted octanol–water partition coefficient (Wildman–Crippen LogP) is 1.98. The summed E-state index contributed by atoms with van der Waals surface area (Å²) in [5.74, 6) is -0.848. The van der Waals surface area contributed by atoms with Crippen LogP contribution in [0.2, 0.25) is 0 Å². The Morgan fingerprint density at radius 2 is 1.95 bits per heavy atom. The summed E-state index contributed by atoms with van der Waals surface area (Å²) >= 11 is 0. The van der Waals surface area contributed by atoms with Crippen molar-refractivity contribution in [3.63, 3.8) is 0 Å². The Labute approximate surface area is 113 Å². The van der Waals surface area contributed by atoms with E-state index in [4.69, 9.17) is 9.84 Å². The van der Waals surface area contributed by atoms with E-state index in [1.807, 2.05) is 6.92 Å². The van der Waals surface area contributed by atoms with Gasteiger partial charge in [-0.1, -0.05) is 25.5 Å². The lowest BCUT2D eigenvalue weighted by Crippen LogP contribution is -2.17. The standard InChI is InChI=1S/C13H18O5S/c1-2-3-9-19(16,17)10-8-18-12-7-5-4-6-11(12)13(14)15/h4-7H,2-3,8-10H2,1H3,(H,14,15). The number of carboxylic acid groups (broad SMARTS) is 1. The summed E-state index contributed by atoms with van der Waals surface area (Å²) in [5, 5.41) is 8.94. The average molecular weight is 286 g/mol. The Balaban J connectivity index is 2.56. The lowest BCUT2D eigenvalue weighted by Gasteiger charge is -2.09. The minimum Gasteiger partial charge on any atom is -0.492 e. The number of carboxylic acids is 1. The molecular weight excluding hydrogens is 268 g/mol. The van der Waals surface area contributed by atoms with Crippen LogP contribution in [0.1, 0.15) is 30.1 Å². The van der Waals surface area contributed by atoms with Gasteiger partial charge in [0.2, 0.25) is 0 Å². The van der Waals surface area contributed by atoms with Crippen LogP contribution in [0, 0.1) is 0 Å². The number of aromatic carboxylic acids is 1. The molecule has 19 heavy (non-hydrogen) atoms. The first-order chi connectivity index (χ1) is 8.96. The third-order valence-corrected chi connectivity index (χ3v) is 4.28. The molecule has 5 nitrogen and oxygen atoms in total. The number of carbonyl (C=O) groups is 1. The number of sulfone groups is 1. The van der Waals surface area contributed by atoms with Crippen LogP contribution in [0.5, 0.6) is 5.75 Å². The first-order valence-electron chi connectivity index (χ1n) is 6.12. The van der Waals surface area contributed by atoms with Crippen molar-refractivity contribution < 1.29 is 23.1 Å². The molecule has 0 saturated heterocycles. The molecule has 1 rings (SSSR count). The Morgan fingerprint density at radius 3 is 2.58 bits per heavy atom. The monoisotopic (exact) mass is 286 g/mol. The van der Waals surface area contributed by atoms with Gasteiger partial charge in [-0.25, -0.2) is 13.2 Å². The van der Waals surface area contributed by atoms with Crippen molar-refractivity contribution in [1.82, 2.24) is 0 Å². The van der Waals surface area contributed by atoms with Crippen LogP contribution < -0.4 is 4.74 Å². The molecule has 0 heterocycles. The molecule has 1 aromatic rings. The molecule has 6 heteroatoms. The fourth-order valence-electron chi connectivity index (χ4n) is 1.51. The molecule has 0 aromatic heterocycles. The van der Waals surface area contributed by atoms with Crippen molar-refractivity contribution in [3.8, 4) is 5.75 Å². The van der Waals surface area contributed by atoms with Gasteiger partial charge in [0.15, 0.2) is 9.84 Å². The van der Waals surface area contributed by atoms with Crippen molar-refractivity contribution in [2.75, 3.05) is 18.1 Å². The van der Waals surface area contributed by atoms with E-state index in [9.17, 15) is 13.2 Å². The largest absolute Gasteiger partial charge is 0.492 e. The number of para-hydroxylation sites is 1. The molecule has 1 N–H and O–H groups in total. The lowest BCUT2D eigenvalue weighted by atomic mass is 10.2. The third kappa shape index (κ3) is 5.30. The molecule has 0 unspecified atom stereocenters. The third-order valence-electron chi connectivity index (χ3n) is 2.58. The van der Waals surface area contributed by atoms with Gasteiger partial charge in [-0.3, -0.25) is 0 Å². The number of hydrogen-bond donors (Lipinski definition) is 1. The second-order valence-corrected chi connectivity index (χ2v) is 6.46. The Kier molecular flexibility index (Phi) is 5.82. The van der Waals surface area contributed by atoms with Crippen LogP contribution in [-0.2, 0) is 9.84 Å². The van der Waals surface area contributed by atoms with Gasteiger partial charge in [-0.05, 0) is 18.6 Å². The van der Waals surface area contributed by atoms with Crippen LogP contribution >= 0.6 is 0 Å². The number of rotatable bonds is 8. The highest BCUT2D eigenvalue weighted by atomic mass is 32.2. The minimum absolute atomic E-state index is 0.0314. The van der Waals surface area contributed by atoms with E-state index in [0.29, 0.717) is 6.42 Å². The summed E-state index contributed by atoms with van der Waals surface area (Å²) in [6.45, 7) is 1.89. The predicted molar refractivity (Wildman–Crippen MR) is 72.5 cm³/mol.